The number of hydrogen-bond donors (Lipinski definition) is 1. The fraction of sp³-hybridized carbons (Fsp3) is 0.310. The number of carbonyl (C=O) groups excluding carboxylic acids is 1. The quantitative estimate of drug-likeness (QED) is 0.330. The van der Waals surface area contributed by atoms with Crippen LogP contribution in [0.2, 0.25) is 5.02 Å². The van der Waals surface area contributed by atoms with Gasteiger partial charge < -0.3 is 19.7 Å². The number of nitrogens with zero attached hydrogens (tertiary/aromatic N) is 1. The summed E-state index contributed by atoms with van der Waals surface area (Å²) in [6, 6.07) is 23.3. The lowest BCUT2D eigenvalue weighted by molar-refractivity contribution is -0.118. The zero-order valence-electron chi connectivity index (χ0n) is 20.4. The first-order chi connectivity index (χ1) is 17.5. The Morgan fingerprint density at radius 1 is 1.00 bits per heavy atom. The first-order valence-electron chi connectivity index (χ1n) is 12.3. The van der Waals surface area contributed by atoms with Crippen molar-refractivity contribution in [1.29, 1.82) is 0 Å². The summed E-state index contributed by atoms with van der Waals surface area (Å²) in [7, 11) is 0. The van der Waals surface area contributed by atoms with Gasteiger partial charge in [0, 0.05) is 29.4 Å². The van der Waals surface area contributed by atoms with E-state index in [4.69, 9.17) is 33.3 Å². The van der Waals surface area contributed by atoms with Crippen molar-refractivity contribution in [2.75, 3.05) is 31.6 Å². The number of piperidine rings is 1. The van der Waals surface area contributed by atoms with Gasteiger partial charge in [0.2, 0.25) is 0 Å². The van der Waals surface area contributed by atoms with E-state index in [1.165, 1.54) is 5.56 Å². The standard InChI is InChI=1S/C29H31ClN2O3S/c1-2-34-27-19-23(8-13-26(27)35-20-28(33)31-25-11-9-24(30)10-12-25)29(36)32-16-14-22(15-17-32)18-21-6-4-3-5-7-21/h3-13,19,22H,2,14-18,20H2,1H3,(H,31,33). The van der Waals surface area contributed by atoms with E-state index < -0.39 is 0 Å². The predicted molar refractivity (Wildman–Crippen MR) is 149 cm³/mol. The minimum absolute atomic E-state index is 0.137. The van der Waals surface area contributed by atoms with Crippen molar-refractivity contribution in [3.05, 3.63) is 88.9 Å². The SMILES string of the molecule is CCOc1cc(C(=S)N2CCC(Cc3ccccc3)CC2)ccc1OCC(=O)Nc1ccc(Cl)cc1. The van der Waals surface area contributed by atoms with E-state index >= 15 is 0 Å². The molecule has 0 saturated carbocycles. The summed E-state index contributed by atoms with van der Waals surface area (Å²) in [6.45, 7) is 4.15. The number of carbonyl (C=O) groups is 1. The second kappa shape index (κ2) is 12.7. The molecule has 0 unspecified atom stereocenters. The van der Waals surface area contributed by atoms with Crippen LogP contribution in [0, 0.1) is 5.92 Å². The number of benzene rings is 3. The van der Waals surface area contributed by atoms with Gasteiger partial charge in [-0.3, -0.25) is 4.79 Å². The molecule has 0 bridgehead atoms. The summed E-state index contributed by atoms with van der Waals surface area (Å²) in [5.74, 6) is 1.50. The second-order valence-electron chi connectivity index (χ2n) is 8.86. The highest BCUT2D eigenvalue weighted by Gasteiger charge is 2.22. The number of nitrogens with one attached hydrogen (secondary N) is 1. The third-order valence-corrected chi connectivity index (χ3v) is 6.99. The number of rotatable bonds is 9. The van der Waals surface area contributed by atoms with Crippen molar-refractivity contribution in [1.82, 2.24) is 4.90 Å². The minimum Gasteiger partial charge on any atom is -0.490 e. The van der Waals surface area contributed by atoms with Crippen LogP contribution in [0.15, 0.2) is 72.8 Å². The maximum absolute atomic E-state index is 12.3. The van der Waals surface area contributed by atoms with Gasteiger partial charge in [0.1, 0.15) is 4.99 Å². The molecular formula is C29H31ClN2O3S. The summed E-state index contributed by atoms with van der Waals surface area (Å²) >= 11 is 11.7. The Labute approximate surface area is 223 Å². The van der Waals surface area contributed by atoms with Crippen LogP contribution in [0.4, 0.5) is 5.69 Å². The summed E-state index contributed by atoms with van der Waals surface area (Å²) < 4.78 is 11.6. The van der Waals surface area contributed by atoms with Gasteiger partial charge in [-0.25, -0.2) is 0 Å². The number of likely N-dealkylation sites (tertiary alicyclic amines) is 1. The summed E-state index contributed by atoms with van der Waals surface area (Å²) in [5.41, 5.74) is 2.98. The molecule has 1 N–H and O–H groups in total. The van der Waals surface area contributed by atoms with Gasteiger partial charge in [0.15, 0.2) is 18.1 Å². The molecule has 0 atom stereocenters. The highest BCUT2D eigenvalue weighted by atomic mass is 35.5. The van der Waals surface area contributed by atoms with E-state index in [0.717, 1.165) is 42.9 Å². The topological polar surface area (TPSA) is 50.8 Å². The molecule has 36 heavy (non-hydrogen) atoms. The third kappa shape index (κ3) is 7.21. The van der Waals surface area contributed by atoms with E-state index in [2.05, 4.69) is 40.5 Å². The number of thiocarbonyl (C=S) groups is 1. The fourth-order valence-corrected chi connectivity index (χ4v) is 4.81. The van der Waals surface area contributed by atoms with Crippen LogP contribution in [-0.4, -0.2) is 42.1 Å². The number of halogens is 1. The summed E-state index contributed by atoms with van der Waals surface area (Å²) in [4.78, 5) is 15.4. The first-order valence-corrected chi connectivity index (χ1v) is 13.1. The molecule has 1 amide bonds. The van der Waals surface area contributed by atoms with Crippen LogP contribution >= 0.6 is 23.8 Å². The van der Waals surface area contributed by atoms with Gasteiger partial charge in [0.25, 0.3) is 5.91 Å². The third-order valence-electron chi connectivity index (χ3n) is 6.25. The fourth-order valence-electron chi connectivity index (χ4n) is 4.37. The lowest BCUT2D eigenvalue weighted by Crippen LogP contribution is -2.38. The lowest BCUT2D eigenvalue weighted by atomic mass is 9.90. The van der Waals surface area contributed by atoms with E-state index in [1.807, 2.05) is 25.1 Å². The molecule has 7 heteroatoms. The normalized spacial score (nSPS) is 13.8. The number of amides is 1. The van der Waals surface area contributed by atoms with Crippen molar-refractivity contribution < 1.29 is 14.3 Å². The molecule has 5 nitrogen and oxygen atoms in total. The molecule has 4 rings (SSSR count). The average Bonchev–Trinajstić information content (AvgIpc) is 2.90. The van der Waals surface area contributed by atoms with Crippen molar-refractivity contribution in [2.45, 2.75) is 26.2 Å². The van der Waals surface area contributed by atoms with Gasteiger partial charge in [-0.05, 0) is 80.1 Å². The molecule has 1 fully saturated rings. The Bertz CT molecular complexity index is 1160. The monoisotopic (exact) mass is 522 g/mol. The van der Waals surface area contributed by atoms with Crippen LogP contribution in [0.1, 0.15) is 30.9 Å². The van der Waals surface area contributed by atoms with Crippen LogP contribution < -0.4 is 14.8 Å². The van der Waals surface area contributed by atoms with Crippen molar-refractivity contribution in [3.8, 4) is 11.5 Å². The number of hydrogen-bond acceptors (Lipinski definition) is 4. The molecule has 3 aromatic rings. The Hall–Kier alpha value is -3.09. The molecule has 1 aliphatic heterocycles. The minimum atomic E-state index is -0.266. The lowest BCUT2D eigenvalue weighted by Gasteiger charge is -2.34. The van der Waals surface area contributed by atoms with Crippen LogP contribution in [0.5, 0.6) is 11.5 Å². The molecule has 0 radical (unpaired) electrons. The number of ether oxygens (including phenoxy) is 2. The molecule has 1 saturated heterocycles. The molecule has 0 spiro atoms. The molecular weight excluding hydrogens is 492 g/mol. The van der Waals surface area contributed by atoms with Crippen molar-refractivity contribution in [2.24, 2.45) is 5.92 Å². The predicted octanol–water partition coefficient (Wildman–Crippen LogP) is 6.39. The Morgan fingerprint density at radius 2 is 1.72 bits per heavy atom. The Balaban J connectivity index is 1.33. The van der Waals surface area contributed by atoms with E-state index in [9.17, 15) is 4.79 Å². The van der Waals surface area contributed by atoms with E-state index in [-0.39, 0.29) is 12.5 Å². The molecule has 0 aliphatic carbocycles. The van der Waals surface area contributed by atoms with Gasteiger partial charge in [-0.15, -0.1) is 0 Å². The number of anilines is 1. The zero-order valence-corrected chi connectivity index (χ0v) is 22.0. The maximum atomic E-state index is 12.3. The Morgan fingerprint density at radius 3 is 2.42 bits per heavy atom. The van der Waals surface area contributed by atoms with Crippen LogP contribution in [-0.2, 0) is 11.2 Å². The smallest absolute Gasteiger partial charge is 0.262 e. The molecule has 0 aromatic heterocycles. The summed E-state index contributed by atoms with van der Waals surface area (Å²) in [6.07, 6.45) is 3.36. The van der Waals surface area contributed by atoms with E-state index in [0.29, 0.717) is 34.7 Å². The largest absolute Gasteiger partial charge is 0.490 e. The van der Waals surface area contributed by atoms with Crippen molar-refractivity contribution >= 4 is 40.4 Å². The van der Waals surface area contributed by atoms with Gasteiger partial charge in [-0.1, -0.05) is 54.2 Å². The Kier molecular flexibility index (Phi) is 9.20. The van der Waals surface area contributed by atoms with E-state index in [1.54, 1.807) is 24.3 Å². The van der Waals surface area contributed by atoms with Crippen molar-refractivity contribution in [3.63, 3.8) is 0 Å². The maximum Gasteiger partial charge on any atom is 0.262 e. The zero-order chi connectivity index (χ0) is 25.3. The molecule has 188 valence electrons. The first kappa shape index (κ1) is 26.0. The van der Waals surface area contributed by atoms with Gasteiger partial charge >= 0.3 is 0 Å². The molecule has 1 aliphatic rings. The van der Waals surface area contributed by atoms with Crippen LogP contribution in [0.25, 0.3) is 0 Å². The highest BCUT2D eigenvalue weighted by Crippen LogP contribution is 2.30. The average molecular weight is 523 g/mol. The molecule has 3 aromatic carbocycles. The van der Waals surface area contributed by atoms with Crippen LogP contribution in [0.3, 0.4) is 0 Å². The second-order valence-corrected chi connectivity index (χ2v) is 9.69. The highest BCUT2D eigenvalue weighted by molar-refractivity contribution is 7.80. The van der Waals surface area contributed by atoms with Gasteiger partial charge in [-0.2, -0.15) is 0 Å². The van der Waals surface area contributed by atoms with Gasteiger partial charge in [0.05, 0.1) is 6.61 Å². The summed E-state index contributed by atoms with van der Waals surface area (Å²) in [5, 5.41) is 3.40. The molecule has 1 heterocycles.